The Balaban J connectivity index is 1.59. The third kappa shape index (κ3) is 7.17. The summed E-state index contributed by atoms with van der Waals surface area (Å²) in [6, 6.07) is 4.10. The van der Waals surface area contributed by atoms with Crippen LogP contribution in [0, 0.1) is 17.8 Å². The molecule has 2 fully saturated rings. The van der Waals surface area contributed by atoms with Gasteiger partial charge in [0.05, 0.1) is 5.92 Å². The first-order valence-electron chi connectivity index (χ1n) is 11.9. The Morgan fingerprint density at radius 1 is 0.912 bits per heavy atom. The lowest BCUT2D eigenvalue weighted by Gasteiger charge is -2.35. The number of carbonyl (C=O) groups excluding carboxylic acids is 4. The van der Waals surface area contributed by atoms with Crippen LogP contribution < -0.4 is 9.47 Å². The van der Waals surface area contributed by atoms with Crippen molar-refractivity contribution in [2.75, 3.05) is 13.2 Å². The summed E-state index contributed by atoms with van der Waals surface area (Å²) in [5, 5.41) is 0. The lowest BCUT2D eigenvalue weighted by atomic mass is 9.71. The van der Waals surface area contributed by atoms with Gasteiger partial charge in [-0.05, 0) is 55.7 Å². The monoisotopic (exact) mass is 472 g/mol. The van der Waals surface area contributed by atoms with Crippen molar-refractivity contribution in [2.24, 2.45) is 17.8 Å². The molecule has 0 unspecified atom stereocenters. The molecule has 34 heavy (non-hydrogen) atoms. The molecular formula is C26H32O8. The van der Waals surface area contributed by atoms with E-state index in [4.69, 9.17) is 18.9 Å². The molecule has 2 aliphatic rings. The van der Waals surface area contributed by atoms with E-state index in [9.17, 15) is 19.2 Å². The largest absolute Gasteiger partial charge is 0.459 e. The summed E-state index contributed by atoms with van der Waals surface area (Å²) in [6.45, 7) is 3.16. The van der Waals surface area contributed by atoms with Gasteiger partial charge in [-0.1, -0.05) is 38.7 Å². The number of carbonyl (C=O) groups is 4. The third-order valence-corrected chi connectivity index (χ3v) is 6.71. The SMILES string of the molecule is C=CC(=O)OCCOC(=O)c1cc(OC=O)ccc1OC(=O)C1CCC(C2CCCCC2)CC1. The molecule has 1 aromatic carbocycles. The summed E-state index contributed by atoms with van der Waals surface area (Å²) in [7, 11) is 0. The maximum Gasteiger partial charge on any atom is 0.342 e. The van der Waals surface area contributed by atoms with Crippen molar-refractivity contribution in [3.8, 4) is 11.5 Å². The van der Waals surface area contributed by atoms with E-state index in [0.29, 0.717) is 5.92 Å². The number of esters is 3. The molecule has 8 nitrogen and oxygen atoms in total. The van der Waals surface area contributed by atoms with Crippen molar-refractivity contribution in [1.82, 2.24) is 0 Å². The van der Waals surface area contributed by atoms with Crippen molar-refractivity contribution in [1.29, 1.82) is 0 Å². The number of benzene rings is 1. The maximum absolute atomic E-state index is 12.9. The van der Waals surface area contributed by atoms with Gasteiger partial charge in [0, 0.05) is 6.08 Å². The highest BCUT2D eigenvalue weighted by Crippen LogP contribution is 2.40. The fourth-order valence-corrected chi connectivity index (χ4v) is 4.92. The molecule has 3 rings (SSSR count). The van der Waals surface area contributed by atoms with Crippen LogP contribution in [0.15, 0.2) is 30.9 Å². The van der Waals surface area contributed by atoms with E-state index in [1.54, 1.807) is 0 Å². The van der Waals surface area contributed by atoms with Gasteiger partial charge in [-0.15, -0.1) is 0 Å². The van der Waals surface area contributed by atoms with Crippen molar-refractivity contribution >= 4 is 24.4 Å². The van der Waals surface area contributed by atoms with Crippen molar-refractivity contribution in [2.45, 2.75) is 57.8 Å². The number of hydrogen-bond acceptors (Lipinski definition) is 8. The van der Waals surface area contributed by atoms with Crippen LogP contribution in [0.4, 0.5) is 0 Å². The maximum atomic E-state index is 12.9. The zero-order chi connectivity index (χ0) is 24.3. The normalized spacial score (nSPS) is 20.6. The predicted molar refractivity (Wildman–Crippen MR) is 122 cm³/mol. The summed E-state index contributed by atoms with van der Waals surface area (Å²) < 4.78 is 20.3. The predicted octanol–water partition coefficient (Wildman–Crippen LogP) is 4.40. The van der Waals surface area contributed by atoms with Gasteiger partial charge >= 0.3 is 17.9 Å². The fraction of sp³-hybridized carbons (Fsp3) is 0.538. The van der Waals surface area contributed by atoms with E-state index in [-0.39, 0.29) is 48.6 Å². The minimum atomic E-state index is -0.796. The van der Waals surface area contributed by atoms with Crippen LogP contribution in [0.2, 0.25) is 0 Å². The Morgan fingerprint density at radius 3 is 2.26 bits per heavy atom. The Labute approximate surface area is 199 Å². The molecule has 0 spiro atoms. The molecule has 2 saturated carbocycles. The average Bonchev–Trinajstić information content (AvgIpc) is 2.88. The highest BCUT2D eigenvalue weighted by atomic mass is 16.6. The molecule has 0 amide bonds. The molecule has 0 bridgehead atoms. The number of hydrogen-bond donors (Lipinski definition) is 0. The van der Waals surface area contributed by atoms with Crippen LogP contribution in [-0.2, 0) is 23.9 Å². The molecule has 0 saturated heterocycles. The zero-order valence-electron chi connectivity index (χ0n) is 19.4. The van der Waals surface area contributed by atoms with Crippen LogP contribution in [0.1, 0.15) is 68.1 Å². The third-order valence-electron chi connectivity index (χ3n) is 6.71. The first-order valence-corrected chi connectivity index (χ1v) is 11.9. The molecule has 0 aliphatic heterocycles. The molecule has 0 aromatic heterocycles. The number of rotatable bonds is 10. The van der Waals surface area contributed by atoms with Gasteiger partial charge in [-0.2, -0.15) is 0 Å². The van der Waals surface area contributed by atoms with Crippen LogP contribution >= 0.6 is 0 Å². The molecular weight excluding hydrogens is 440 g/mol. The molecule has 184 valence electrons. The van der Waals surface area contributed by atoms with Gasteiger partial charge < -0.3 is 18.9 Å². The smallest absolute Gasteiger partial charge is 0.342 e. The van der Waals surface area contributed by atoms with E-state index in [1.165, 1.54) is 50.3 Å². The molecule has 0 radical (unpaired) electrons. The van der Waals surface area contributed by atoms with Crippen LogP contribution in [0.3, 0.4) is 0 Å². The molecule has 0 heterocycles. The van der Waals surface area contributed by atoms with Gasteiger partial charge in [-0.3, -0.25) is 9.59 Å². The lowest BCUT2D eigenvalue weighted by molar-refractivity contribution is -0.141. The molecule has 8 heteroatoms. The summed E-state index contributed by atoms with van der Waals surface area (Å²) in [4.78, 5) is 47.2. The minimum absolute atomic E-state index is 0.0331. The average molecular weight is 473 g/mol. The number of ether oxygens (including phenoxy) is 4. The minimum Gasteiger partial charge on any atom is -0.459 e. The highest BCUT2D eigenvalue weighted by molar-refractivity contribution is 5.94. The molecule has 0 atom stereocenters. The first kappa shape index (κ1) is 25.5. The quantitative estimate of drug-likeness (QED) is 0.162. The summed E-state index contributed by atoms with van der Waals surface area (Å²) in [6.07, 6.45) is 11.2. The molecule has 1 aromatic rings. The Morgan fingerprint density at radius 2 is 1.59 bits per heavy atom. The van der Waals surface area contributed by atoms with Gasteiger partial charge in [0.25, 0.3) is 6.47 Å². The van der Waals surface area contributed by atoms with E-state index in [0.717, 1.165) is 37.7 Å². The van der Waals surface area contributed by atoms with Crippen molar-refractivity contribution in [3.63, 3.8) is 0 Å². The van der Waals surface area contributed by atoms with Crippen LogP contribution in [0.25, 0.3) is 0 Å². The summed E-state index contributed by atoms with van der Waals surface area (Å²) in [5.74, 6) is -0.417. The topological polar surface area (TPSA) is 105 Å². The summed E-state index contributed by atoms with van der Waals surface area (Å²) >= 11 is 0. The van der Waals surface area contributed by atoms with Gasteiger partial charge in [0.1, 0.15) is 30.3 Å². The zero-order valence-corrected chi connectivity index (χ0v) is 19.4. The standard InChI is InChI=1S/C26H32O8/c1-2-24(28)31-14-15-32-26(30)22-16-21(33-17-27)12-13-23(22)34-25(29)20-10-8-19(9-11-20)18-6-4-3-5-7-18/h2,12-13,16-20H,1,3-11,14-15H2. The van der Waals surface area contributed by atoms with Crippen molar-refractivity contribution < 1.29 is 38.1 Å². The lowest BCUT2D eigenvalue weighted by Crippen LogP contribution is -2.29. The summed E-state index contributed by atoms with van der Waals surface area (Å²) in [5.41, 5.74) is -0.0568. The fourth-order valence-electron chi connectivity index (χ4n) is 4.92. The van der Waals surface area contributed by atoms with Gasteiger partial charge in [-0.25, -0.2) is 9.59 Å². The second-order valence-electron chi connectivity index (χ2n) is 8.81. The van der Waals surface area contributed by atoms with E-state index in [2.05, 4.69) is 6.58 Å². The van der Waals surface area contributed by atoms with Crippen LogP contribution in [0.5, 0.6) is 11.5 Å². The Hall–Kier alpha value is -3.16. The van der Waals surface area contributed by atoms with E-state index >= 15 is 0 Å². The van der Waals surface area contributed by atoms with E-state index < -0.39 is 11.9 Å². The first-order chi connectivity index (χ1) is 16.5. The van der Waals surface area contributed by atoms with E-state index in [1.807, 2.05) is 0 Å². The molecule has 2 aliphatic carbocycles. The second-order valence-corrected chi connectivity index (χ2v) is 8.81. The second kappa shape index (κ2) is 12.9. The Kier molecular flexibility index (Phi) is 9.67. The van der Waals surface area contributed by atoms with Crippen LogP contribution in [-0.4, -0.2) is 37.6 Å². The van der Waals surface area contributed by atoms with Crippen molar-refractivity contribution in [3.05, 3.63) is 36.4 Å². The van der Waals surface area contributed by atoms with Gasteiger partial charge in [0.15, 0.2) is 0 Å². The highest BCUT2D eigenvalue weighted by Gasteiger charge is 2.32. The van der Waals surface area contributed by atoms with Gasteiger partial charge in [0.2, 0.25) is 0 Å². The Bertz CT molecular complexity index is 879. The molecule has 0 N–H and O–H groups in total.